The summed E-state index contributed by atoms with van der Waals surface area (Å²) in [6.07, 6.45) is 3.54. The molecular weight excluding hydrogens is 215 g/mol. The molecule has 0 fully saturated rings. The lowest BCUT2D eigenvalue weighted by Crippen LogP contribution is -1.81. The first-order chi connectivity index (χ1) is 8.25. The molecule has 0 unspecified atom stereocenters. The molecule has 0 atom stereocenters. The minimum absolute atomic E-state index is 0.211. The summed E-state index contributed by atoms with van der Waals surface area (Å²) in [6, 6.07) is 8.66. The van der Waals surface area contributed by atoms with E-state index in [-0.39, 0.29) is 5.82 Å². The van der Waals surface area contributed by atoms with Gasteiger partial charge in [-0.3, -0.25) is 4.98 Å². The van der Waals surface area contributed by atoms with E-state index in [2.05, 4.69) is 9.97 Å². The summed E-state index contributed by atoms with van der Waals surface area (Å²) in [7, 11) is 0. The standard InChI is InChI=1S/C14H11FN2/c1-9-12-7-11(15)4-5-13(12)17-14(9)10-3-2-6-16-8-10/h2-8,17H,1H3. The second kappa shape index (κ2) is 3.70. The number of benzene rings is 1. The van der Waals surface area contributed by atoms with Crippen LogP contribution in [0, 0.1) is 12.7 Å². The maximum absolute atomic E-state index is 13.2. The first kappa shape index (κ1) is 10.0. The minimum atomic E-state index is -0.211. The number of halogens is 1. The number of fused-ring (bicyclic) bond motifs is 1. The molecule has 2 heterocycles. The van der Waals surface area contributed by atoms with E-state index in [1.165, 1.54) is 6.07 Å². The van der Waals surface area contributed by atoms with Gasteiger partial charge >= 0.3 is 0 Å². The van der Waals surface area contributed by atoms with Crippen molar-refractivity contribution in [1.29, 1.82) is 0 Å². The first-order valence-electron chi connectivity index (χ1n) is 5.44. The van der Waals surface area contributed by atoms with Crippen LogP contribution in [0.3, 0.4) is 0 Å². The van der Waals surface area contributed by atoms with Gasteiger partial charge in [0.2, 0.25) is 0 Å². The highest BCUT2D eigenvalue weighted by Crippen LogP contribution is 2.29. The van der Waals surface area contributed by atoms with Gasteiger partial charge in [0.05, 0.1) is 5.69 Å². The fourth-order valence-corrected chi connectivity index (χ4v) is 2.10. The third-order valence-electron chi connectivity index (χ3n) is 2.97. The Bertz CT molecular complexity index is 671. The van der Waals surface area contributed by atoms with Crippen molar-refractivity contribution < 1.29 is 4.39 Å². The highest BCUT2D eigenvalue weighted by atomic mass is 19.1. The van der Waals surface area contributed by atoms with Gasteiger partial charge in [-0.25, -0.2) is 4.39 Å². The van der Waals surface area contributed by atoms with Crippen LogP contribution in [0.15, 0.2) is 42.7 Å². The molecule has 2 aromatic heterocycles. The zero-order valence-electron chi connectivity index (χ0n) is 9.37. The summed E-state index contributed by atoms with van der Waals surface area (Å²) in [5.74, 6) is -0.211. The molecule has 3 heteroatoms. The molecule has 0 spiro atoms. The van der Waals surface area contributed by atoms with Crippen LogP contribution in [0.5, 0.6) is 0 Å². The second-order valence-electron chi connectivity index (χ2n) is 4.06. The van der Waals surface area contributed by atoms with Crippen LogP contribution in [-0.4, -0.2) is 9.97 Å². The smallest absolute Gasteiger partial charge is 0.123 e. The predicted molar refractivity (Wildman–Crippen MR) is 66.2 cm³/mol. The van der Waals surface area contributed by atoms with Crippen molar-refractivity contribution in [3.63, 3.8) is 0 Å². The number of pyridine rings is 1. The molecule has 3 rings (SSSR count). The highest BCUT2D eigenvalue weighted by molar-refractivity contribution is 5.90. The molecule has 0 aliphatic heterocycles. The van der Waals surface area contributed by atoms with E-state index in [4.69, 9.17) is 0 Å². The van der Waals surface area contributed by atoms with Crippen LogP contribution < -0.4 is 0 Å². The van der Waals surface area contributed by atoms with Gasteiger partial charge in [0.15, 0.2) is 0 Å². The summed E-state index contributed by atoms with van der Waals surface area (Å²) in [5.41, 5.74) is 4.01. The topological polar surface area (TPSA) is 28.7 Å². The summed E-state index contributed by atoms with van der Waals surface area (Å²) in [6.45, 7) is 1.99. The monoisotopic (exact) mass is 226 g/mol. The van der Waals surface area contributed by atoms with Gasteiger partial charge in [0, 0.05) is 28.9 Å². The van der Waals surface area contributed by atoms with E-state index in [0.717, 1.165) is 27.7 Å². The lowest BCUT2D eigenvalue weighted by molar-refractivity contribution is 0.629. The lowest BCUT2D eigenvalue weighted by Gasteiger charge is -1.98. The molecule has 1 N–H and O–H groups in total. The van der Waals surface area contributed by atoms with Crippen LogP contribution in [0.4, 0.5) is 4.39 Å². The fraction of sp³-hybridized carbons (Fsp3) is 0.0714. The van der Waals surface area contributed by atoms with Crippen molar-refractivity contribution in [3.8, 4) is 11.3 Å². The molecule has 2 nitrogen and oxygen atoms in total. The number of aromatic amines is 1. The third kappa shape index (κ3) is 1.60. The summed E-state index contributed by atoms with van der Waals surface area (Å²) in [4.78, 5) is 7.40. The number of rotatable bonds is 1. The van der Waals surface area contributed by atoms with Gasteiger partial charge in [-0.1, -0.05) is 0 Å². The van der Waals surface area contributed by atoms with Gasteiger partial charge in [-0.05, 0) is 42.8 Å². The van der Waals surface area contributed by atoms with Gasteiger partial charge in [-0.15, -0.1) is 0 Å². The van der Waals surface area contributed by atoms with Crippen molar-refractivity contribution >= 4 is 10.9 Å². The van der Waals surface area contributed by atoms with Crippen LogP contribution in [0.1, 0.15) is 5.56 Å². The maximum Gasteiger partial charge on any atom is 0.123 e. The Morgan fingerprint density at radius 3 is 2.88 bits per heavy atom. The lowest BCUT2D eigenvalue weighted by atomic mass is 10.1. The molecule has 0 aliphatic rings. The predicted octanol–water partition coefficient (Wildman–Crippen LogP) is 3.68. The normalized spacial score (nSPS) is 10.9. The second-order valence-corrected chi connectivity index (χ2v) is 4.06. The Hall–Kier alpha value is -2.16. The van der Waals surface area contributed by atoms with E-state index < -0.39 is 0 Å². The van der Waals surface area contributed by atoms with Gasteiger partial charge in [0.25, 0.3) is 0 Å². The minimum Gasteiger partial charge on any atom is -0.354 e. The molecular formula is C14H11FN2. The van der Waals surface area contributed by atoms with Crippen LogP contribution in [0.25, 0.3) is 22.2 Å². The number of H-pyrrole nitrogens is 1. The Balaban J connectivity index is 2.28. The van der Waals surface area contributed by atoms with Gasteiger partial charge < -0.3 is 4.98 Å². The van der Waals surface area contributed by atoms with Gasteiger partial charge in [-0.2, -0.15) is 0 Å². The van der Waals surface area contributed by atoms with Gasteiger partial charge in [0.1, 0.15) is 5.82 Å². The van der Waals surface area contributed by atoms with E-state index in [1.54, 1.807) is 24.5 Å². The molecule has 3 aromatic rings. The average molecular weight is 226 g/mol. The van der Waals surface area contributed by atoms with Crippen molar-refractivity contribution in [2.75, 3.05) is 0 Å². The summed E-state index contributed by atoms with van der Waals surface area (Å²) < 4.78 is 13.2. The van der Waals surface area contributed by atoms with Crippen LogP contribution >= 0.6 is 0 Å². The molecule has 1 aromatic carbocycles. The number of hydrogen-bond acceptors (Lipinski definition) is 1. The Labute approximate surface area is 98.1 Å². The molecule has 17 heavy (non-hydrogen) atoms. The van der Waals surface area contributed by atoms with Crippen LogP contribution in [-0.2, 0) is 0 Å². The van der Waals surface area contributed by atoms with Crippen molar-refractivity contribution in [1.82, 2.24) is 9.97 Å². The Kier molecular flexibility index (Phi) is 2.18. The zero-order valence-corrected chi connectivity index (χ0v) is 9.37. The zero-order chi connectivity index (χ0) is 11.8. The number of hydrogen-bond donors (Lipinski definition) is 1. The van der Waals surface area contributed by atoms with Crippen molar-refractivity contribution in [2.45, 2.75) is 6.92 Å². The molecule has 0 radical (unpaired) electrons. The number of aromatic nitrogens is 2. The summed E-state index contributed by atoms with van der Waals surface area (Å²) in [5, 5.41) is 0.920. The third-order valence-corrected chi connectivity index (χ3v) is 2.97. The fourth-order valence-electron chi connectivity index (χ4n) is 2.10. The molecule has 0 saturated carbocycles. The van der Waals surface area contributed by atoms with E-state index >= 15 is 0 Å². The Morgan fingerprint density at radius 1 is 1.24 bits per heavy atom. The first-order valence-corrected chi connectivity index (χ1v) is 5.44. The van der Waals surface area contributed by atoms with E-state index in [1.807, 2.05) is 19.1 Å². The quantitative estimate of drug-likeness (QED) is 0.673. The average Bonchev–Trinajstić information content (AvgIpc) is 2.68. The molecule has 0 amide bonds. The van der Waals surface area contributed by atoms with E-state index in [0.29, 0.717) is 0 Å². The molecule has 0 bridgehead atoms. The van der Waals surface area contributed by atoms with Crippen LogP contribution in [0.2, 0.25) is 0 Å². The summed E-state index contributed by atoms with van der Waals surface area (Å²) >= 11 is 0. The highest BCUT2D eigenvalue weighted by Gasteiger charge is 2.09. The molecule has 84 valence electrons. The number of nitrogens with one attached hydrogen (secondary N) is 1. The SMILES string of the molecule is Cc1c(-c2cccnc2)[nH]c2ccc(F)cc12. The Morgan fingerprint density at radius 2 is 2.12 bits per heavy atom. The number of aryl methyl sites for hydroxylation is 1. The van der Waals surface area contributed by atoms with Crippen molar-refractivity contribution in [3.05, 3.63) is 54.1 Å². The largest absolute Gasteiger partial charge is 0.354 e. The number of nitrogens with zero attached hydrogens (tertiary/aromatic N) is 1. The maximum atomic E-state index is 13.2. The molecule has 0 saturated heterocycles. The van der Waals surface area contributed by atoms with E-state index in [9.17, 15) is 4.39 Å². The molecule has 0 aliphatic carbocycles. The van der Waals surface area contributed by atoms with Crippen molar-refractivity contribution in [2.24, 2.45) is 0 Å².